The van der Waals surface area contributed by atoms with Crippen molar-refractivity contribution in [2.24, 2.45) is 0 Å². The molecule has 0 bridgehead atoms. The zero-order chi connectivity index (χ0) is 13.4. The van der Waals surface area contributed by atoms with Gasteiger partial charge in [-0.15, -0.1) is 0 Å². The van der Waals surface area contributed by atoms with Crippen molar-refractivity contribution in [3.8, 4) is 0 Å². The maximum absolute atomic E-state index is 5.62. The summed E-state index contributed by atoms with van der Waals surface area (Å²) in [7, 11) is 2.24. The van der Waals surface area contributed by atoms with E-state index >= 15 is 0 Å². The highest BCUT2D eigenvalue weighted by Crippen LogP contribution is 2.11. The average Bonchev–Trinajstić information content (AvgIpc) is 2.87. The van der Waals surface area contributed by atoms with Crippen LogP contribution in [0.1, 0.15) is 33.1 Å². The van der Waals surface area contributed by atoms with Crippen molar-refractivity contribution in [3.05, 3.63) is 0 Å². The molecule has 3 atom stereocenters. The molecule has 0 spiro atoms. The van der Waals surface area contributed by atoms with Gasteiger partial charge in [-0.25, -0.2) is 0 Å². The minimum Gasteiger partial charge on any atom is -0.377 e. The van der Waals surface area contributed by atoms with Crippen molar-refractivity contribution in [1.29, 1.82) is 0 Å². The van der Waals surface area contributed by atoms with E-state index in [1.54, 1.807) is 0 Å². The van der Waals surface area contributed by atoms with Crippen molar-refractivity contribution in [1.82, 2.24) is 10.2 Å². The second-order valence-corrected chi connectivity index (χ2v) is 6.42. The van der Waals surface area contributed by atoms with Crippen LogP contribution in [0.25, 0.3) is 0 Å². The van der Waals surface area contributed by atoms with E-state index in [-0.39, 0.29) is 0 Å². The topological polar surface area (TPSA) is 24.5 Å². The molecule has 108 valence electrons. The Bertz CT molecular complexity index is 210. The lowest BCUT2D eigenvalue weighted by Gasteiger charge is -2.31. The normalized spacial score (nSPS) is 23.5. The van der Waals surface area contributed by atoms with E-state index < -0.39 is 0 Å². The maximum Gasteiger partial charge on any atom is 0.0700 e. The minimum absolute atomic E-state index is 0.455. The molecular weight excluding hydrogens is 244 g/mol. The SMILES string of the molecule is CSCCC(C)N(C)C(C)CNCC1CCCO1. The highest BCUT2D eigenvalue weighted by atomic mass is 32.2. The highest BCUT2D eigenvalue weighted by Gasteiger charge is 2.17. The van der Waals surface area contributed by atoms with Gasteiger partial charge in [0.25, 0.3) is 0 Å². The Morgan fingerprint density at radius 3 is 2.78 bits per heavy atom. The van der Waals surface area contributed by atoms with Crippen molar-refractivity contribution >= 4 is 11.8 Å². The van der Waals surface area contributed by atoms with Crippen LogP contribution in [-0.4, -0.2) is 61.8 Å². The lowest BCUT2D eigenvalue weighted by Crippen LogP contribution is -2.44. The third kappa shape index (κ3) is 5.91. The van der Waals surface area contributed by atoms with E-state index in [0.717, 1.165) is 19.7 Å². The molecule has 0 radical (unpaired) electrons. The molecule has 1 fully saturated rings. The number of nitrogens with zero attached hydrogens (tertiary/aromatic N) is 1. The third-order valence-corrected chi connectivity index (χ3v) is 4.61. The summed E-state index contributed by atoms with van der Waals surface area (Å²) < 4.78 is 5.62. The predicted molar refractivity (Wildman–Crippen MR) is 81.5 cm³/mol. The summed E-state index contributed by atoms with van der Waals surface area (Å²) in [6, 6.07) is 1.25. The number of hydrogen-bond acceptors (Lipinski definition) is 4. The van der Waals surface area contributed by atoms with Crippen LogP contribution in [0.2, 0.25) is 0 Å². The second-order valence-electron chi connectivity index (χ2n) is 5.44. The van der Waals surface area contributed by atoms with Crippen LogP contribution < -0.4 is 5.32 Å². The number of hydrogen-bond donors (Lipinski definition) is 1. The monoisotopic (exact) mass is 274 g/mol. The fraction of sp³-hybridized carbons (Fsp3) is 1.00. The van der Waals surface area contributed by atoms with Crippen LogP contribution in [0.4, 0.5) is 0 Å². The molecule has 1 rings (SSSR count). The molecule has 4 heteroatoms. The molecule has 3 nitrogen and oxygen atoms in total. The van der Waals surface area contributed by atoms with Crippen LogP contribution in [0.5, 0.6) is 0 Å². The molecule has 1 saturated heterocycles. The predicted octanol–water partition coefficient (Wildman–Crippen LogP) is 2.22. The summed E-state index contributed by atoms with van der Waals surface area (Å²) in [6.45, 7) is 7.65. The second kappa shape index (κ2) is 9.18. The Morgan fingerprint density at radius 2 is 2.17 bits per heavy atom. The van der Waals surface area contributed by atoms with Crippen molar-refractivity contribution < 1.29 is 4.74 Å². The highest BCUT2D eigenvalue weighted by molar-refractivity contribution is 7.98. The van der Waals surface area contributed by atoms with Gasteiger partial charge < -0.3 is 10.1 Å². The molecule has 1 heterocycles. The molecular formula is C14H30N2OS. The smallest absolute Gasteiger partial charge is 0.0700 e. The van der Waals surface area contributed by atoms with Gasteiger partial charge in [-0.05, 0) is 52.2 Å². The lowest BCUT2D eigenvalue weighted by molar-refractivity contribution is 0.106. The fourth-order valence-corrected chi connectivity index (χ4v) is 2.91. The standard InChI is InChI=1S/C14H30N2OS/c1-12(7-9-18-4)16(3)13(2)10-15-11-14-6-5-8-17-14/h12-15H,5-11H2,1-4H3. The Labute approximate surface area is 117 Å². The van der Waals surface area contributed by atoms with Gasteiger partial charge in [0.15, 0.2) is 0 Å². The van der Waals surface area contributed by atoms with Crippen molar-refractivity contribution in [2.75, 3.05) is 38.8 Å². The van der Waals surface area contributed by atoms with E-state index in [9.17, 15) is 0 Å². The Balaban J connectivity index is 2.11. The molecule has 0 saturated carbocycles. The Hall–Kier alpha value is 0.230. The molecule has 18 heavy (non-hydrogen) atoms. The van der Waals surface area contributed by atoms with E-state index in [0.29, 0.717) is 18.2 Å². The van der Waals surface area contributed by atoms with Gasteiger partial charge in [0.1, 0.15) is 0 Å². The van der Waals surface area contributed by atoms with Gasteiger partial charge in [-0.2, -0.15) is 11.8 Å². The molecule has 1 N–H and O–H groups in total. The van der Waals surface area contributed by atoms with Crippen LogP contribution >= 0.6 is 11.8 Å². The average molecular weight is 274 g/mol. The van der Waals surface area contributed by atoms with Gasteiger partial charge in [-0.1, -0.05) is 0 Å². The molecule has 1 aliphatic heterocycles. The Kier molecular flexibility index (Phi) is 8.31. The van der Waals surface area contributed by atoms with Gasteiger partial charge in [0, 0.05) is 31.8 Å². The van der Waals surface area contributed by atoms with Crippen LogP contribution in [0, 0.1) is 0 Å². The van der Waals surface area contributed by atoms with Gasteiger partial charge in [0.05, 0.1) is 6.10 Å². The first-order valence-electron chi connectivity index (χ1n) is 7.18. The Morgan fingerprint density at radius 1 is 1.39 bits per heavy atom. The molecule has 0 aromatic heterocycles. The van der Waals surface area contributed by atoms with Gasteiger partial charge in [0.2, 0.25) is 0 Å². The van der Waals surface area contributed by atoms with E-state index in [1.807, 2.05) is 11.8 Å². The molecule has 1 aliphatic rings. The minimum atomic E-state index is 0.455. The van der Waals surface area contributed by atoms with E-state index in [2.05, 4.69) is 37.4 Å². The third-order valence-electron chi connectivity index (χ3n) is 3.97. The van der Waals surface area contributed by atoms with Crippen LogP contribution in [0.3, 0.4) is 0 Å². The first-order chi connectivity index (χ1) is 8.65. The summed E-state index contributed by atoms with van der Waals surface area (Å²) in [6.07, 6.45) is 6.36. The number of nitrogens with one attached hydrogen (secondary N) is 1. The molecule has 0 aromatic rings. The number of likely N-dealkylation sites (N-methyl/N-ethyl adjacent to an activating group) is 1. The first-order valence-corrected chi connectivity index (χ1v) is 8.57. The van der Waals surface area contributed by atoms with E-state index in [4.69, 9.17) is 4.74 Å². The number of rotatable bonds is 9. The molecule has 0 aliphatic carbocycles. The van der Waals surface area contributed by atoms with Crippen molar-refractivity contribution in [2.45, 2.75) is 51.3 Å². The van der Waals surface area contributed by atoms with Gasteiger partial charge in [-0.3, -0.25) is 4.90 Å². The number of thioether (sulfide) groups is 1. The summed E-state index contributed by atoms with van der Waals surface area (Å²) in [5.74, 6) is 1.25. The lowest BCUT2D eigenvalue weighted by atomic mass is 10.1. The van der Waals surface area contributed by atoms with Crippen LogP contribution in [-0.2, 0) is 4.74 Å². The van der Waals surface area contributed by atoms with Gasteiger partial charge >= 0.3 is 0 Å². The number of ether oxygens (including phenoxy) is 1. The molecule has 0 amide bonds. The van der Waals surface area contributed by atoms with Crippen molar-refractivity contribution in [3.63, 3.8) is 0 Å². The quantitative estimate of drug-likeness (QED) is 0.697. The van der Waals surface area contributed by atoms with E-state index in [1.165, 1.54) is 25.0 Å². The molecule has 3 unspecified atom stereocenters. The van der Waals surface area contributed by atoms with Crippen LogP contribution in [0.15, 0.2) is 0 Å². The summed E-state index contributed by atoms with van der Waals surface area (Å²) in [5, 5.41) is 3.55. The molecule has 0 aromatic carbocycles. The zero-order valence-corrected chi connectivity index (χ0v) is 13.3. The fourth-order valence-electron chi connectivity index (χ4n) is 2.33. The maximum atomic E-state index is 5.62. The summed E-state index contributed by atoms with van der Waals surface area (Å²) >= 11 is 1.93. The summed E-state index contributed by atoms with van der Waals surface area (Å²) in [4.78, 5) is 2.48. The largest absolute Gasteiger partial charge is 0.377 e. The summed E-state index contributed by atoms with van der Waals surface area (Å²) in [5.41, 5.74) is 0. The first kappa shape index (κ1) is 16.3. The zero-order valence-electron chi connectivity index (χ0n) is 12.4.